The lowest BCUT2D eigenvalue weighted by atomic mass is 9.70. The van der Waals surface area contributed by atoms with Crippen LogP contribution in [0.5, 0.6) is 17.2 Å². The molecule has 4 N–H and O–H groups in total. The van der Waals surface area contributed by atoms with Crippen LogP contribution in [0.4, 0.5) is 5.69 Å². The zero-order valence-corrected chi connectivity index (χ0v) is 25.7. The van der Waals surface area contributed by atoms with E-state index in [1.54, 1.807) is 13.8 Å². The topological polar surface area (TPSA) is 142 Å². The Hall–Kier alpha value is -4.40. The second-order valence-electron chi connectivity index (χ2n) is 11.3. The molecule has 0 saturated heterocycles. The molecule has 0 radical (unpaired) electrons. The number of fused-ring (bicyclic) bond motifs is 3. The average molecular weight is 589 g/mol. The Kier molecular flexibility index (Phi) is 9.13. The number of phenolic OH excluding ortho intramolecular Hbond substituents is 2. The molecule has 1 aliphatic heterocycles. The molecule has 1 aliphatic carbocycles. The van der Waals surface area contributed by atoms with Crippen LogP contribution in [0.15, 0.2) is 41.3 Å². The summed E-state index contributed by atoms with van der Waals surface area (Å²) in [6.45, 7) is 10.5. The van der Waals surface area contributed by atoms with Crippen LogP contribution in [0.25, 0.3) is 0 Å². The molecule has 9 nitrogen and oxygen atoms in total. The van der Waals surface area contributed by atoms with Gasteiger partial charge in [0.05, 0.1) is 11.1 Å². The standard InChI is InChI=1S/C34H40N2O7/c1-7-21-13-12-14-22(8-2)29(21)36-25(39)15-10-9-11-16-35-19(4)26-23(38)17-24-34(6,33(26)42)28-31(41)18(3)30(40)27(20(5)37)32(28)43-24/h12-14,17,35,40-41H,7-11,15-16H2,1-6H3,(H,36,39)/b26-19+. The van der Waals surface area contributed by atoms with Gasteiger partial charge in [0.2, 0.25) is 5.91 Å². The van der Waals surface area contributed by atoms with E-state index >= 15 is 0 Å². The van der Waals surface area contributed by atoms with Crippen molar-refractivity contribution in [3.63, 3.8) is 0 Å². The number of Topliss-reactive ketones (excluding diaryl/α,β-unsaturated/α-hetero) is 2. The van der Waals surface area contributed by atoms with Crippen LogP contribution in [0.2, 0.25) is 0 Å². The third kappa shape index (κ3) is 5.56. The predicted octanol–water partition coefficient (Wildman–Crippen LogP) is 5.48. The number of amides is 1. The van der Waals surface area contributed by atoms with Gasteiger partial charge in [0.1, 0.15) is 34.0 Å². The number of ether oxygens (including phenoxy) is 1. The molecule has 0 saturated carbocycles. The van der Waals surface area contributed by atoms with Crippen molar-refractivity contribution in [2.75, 3.05) is 11.9 Å². The summed E-state index contributed by atoms with van der Waals surface area (Å²) in [6, 6.07) is 6.09. The molecule has 4 rings (SSSR count). The number of aryl methyl sites for hydroxylation is 2. The largest absolute Gasteiger partial charge is 0.507 e. The summed E-state index contributed by atoms with van der Waals surface area (Å²) in [7, 11) is 0. The van der Waals surface area contributed by atoms with E-state index in [1.165, 1.54) is 19.9 Å². The number of aromatic hydroxyl groups is 2. The maximum absolute atomic E-state index is 13.9. The molecule has 0 spiro atoms. The summed E-state index contributed by atoms with van der Waals surface area (Å²) in [4.78, 5) is 51.9. The van der Waals surface area contributed by atoms with Crippen molar-refractivity contribution in [1.29, 1.82) is 0 Å². The van der Waals surface area contributed by atoms with E-state index in [0.717, 1.165) is 42.5 Å². The molecule has 2 aliphatic rings. The van der Waals surface area contributed by atoms with Gasteiger partial charge in [-0.05, 0) is 64.5 Å². The fourth-order valence-corrected chi connectivity index (χ4v) is 5.92. The van der Waals surface area contributed by atoms with Crippen LogP contribution in [0, 0.1) is 6.92 Å². The highest BCUT2D eigenvalue weighted by Crippen LogP contribution is 2.57. The van der Waals surface area contributed by atoms with Crippen molar-refractivity contribution in [2.24, 2.45) is 0 Å². The van der Waals surface area contributed by atoms with E-state index < -0.39 is 28.5 Å². The molecule has 43 heavy (non-hydrogen) atoms. The number of rotatable bonds is 11. The SMILES string of the molecule is CCc1cccc(CC)c1NC(=O)CCCCCN/C(C)=C1\C(=O)C=C2Oc3c(C(C)=O)c(O)c(C)c(O)c3C2(C)C1=O. The van der Waals surface area contributed by atoms with E-state index in [9.17, 15) is 29.4 Å². The van der Waals surface area contributed by atoms with E-state index in [1.807, 2.05) is 18.2 Å². The number of hydrogen-bond acceptors (Lipinski definition) is 8. The van der Waals surface area contributed by atoms with Crippen molar-refractivity contribution < 1.29 is 34.1 Å². The fourth-order valence-electron chi connectivity index (χ4n) is 5.92. The molecule has 2 aromatic carbocycles. The first-order valence-corrected chi connectivity index (χ1v) is 14.8. The van der Waals surface area contributed by atoms with Crippen molar-refractivity contribution in [2.45, 2.75) is 85.5 Å². The van der Waals surface area contributed by atoms with E-state index in [0.29, 0.717) is 25.1 Å². The van der Waals surface area contributed by atoms with Gasteiger partial charge >= 0.3 is 0 Å². The van der Waals surface area contributed by atoms with Gasteiger partial charge in [-0.25, -0.2) is 0 Å². The van der Waals surface area contributed by atoms with E-state index in [-0.39, 0.29) is 45.4 Å². The third-order valence-corrected chi connectivity index (χ3v) is 8.49. The number of para-hydroxylation sites is 1. The van der Waals surface area contributed by atoms with Crippen LogP contribution in [-0.2, 0) is 32.6 Å². The van der Waals surface area contributed by atoms with Gasteiger partial charge in [0, 0.05) is 36.0 Å². The second-order valence-corrected chi connectivity index (χ2v) is 11.3. The predicted molar refractivity (Wildman–Crippen MR) is 164 cm³/mol. The lowest BCUT2D eigenvalue weighted by molar-refractivity contribution is -0.123. The van der Waals surface area contributed by atoms with Gasteiger partial charge in [-0.15, -0.1) is 0 Å². The molecule has 1 amide bonds. The van der Waals surface area contributed by atoms with Crippen molar-refractivity contribution in [1.82, 2.24) is 5.32 Å². The minimum absolute atomic E-state index is 0.00254. The minimum atomic E-state index is -1.55. The Bertz CT molecular complexity index is 1560. The highest BCUT2D eigenvalue weighted by atomic mass is 16.5. The molecule has 0 bridgehead atoms. The number of hydrogen-bond donors (Lipinski definition) is 4. The molecule has 0 fully saturated rings. The highest BCUT2D eigenvalue weighted by Gasteiger charge is 2.56. The number of unbranched alkanes of at least 4 members (excludes halogenated alkanes) is 2. The first-order valence-electron chi connectivity index (χ1n) is 14.8. The van der Waals surface area contributed by atoms with Crippen molar-refractivity contribution >= 4 is 28.9 Å². The van der Waals surface area contributed by atoms with E-state index in [2.05, 4.69) is 24.5 Å². The number of carbonyl (C=O) groups is 4. The Morgan fingerprint density at radius 2 is 1.63 bits per heavy atom. The van der Waals surface area contributed by atoms with Gasteiger partial charge in [0.15, 0.2) is 17.3 Å². The molecule has 1 unspecified atom stereocenters. The molecular weight excluding hydrogens is 548 g/mol. The molecule has 1 atom stereocenters. The average Bonchev–Trinajstić information content (AvgIpc) is 3.26. The molecule has 1 heterocycles. The summed E-state index contributed by atoms with van der Waals surface area (Å²) >= 11 is 0. The molecule has 0 aromatic heterocycles. The maximum atomic E-state index is 13.9. The van der Waals surface area contributed by atoms with Gasteiger partial charge < -0.3 is 25.6 Å². The zero-order chi connectivity index (χ0) is 31.6. The Balaban J connectivity index is 1.41. The Morgan fingerprint density at radius 1 is 0.977 bits per heavy atom. The first-order chi connectivity index (χ1) is 20.4. The van der Waals surface area contributed by atoms with Crippen LogP contribution < -0.4 is 15.4 Å². The number of benzene rings is 2. The van der Waals surface area contributed by atoms with Crippen LogP contribution in [0.1, 0.15) is 92.9 Å². The number of ketones is 3. The summed E-state index contributed by atoms with van der Waals surface area (Å²) in [5, 5.41) is 27.7. The number of phenols is 2. The number of anilines is 1. The number of allylic oxidation sites excluding steroid dienone is 4. The smallest absolute Gasteiger partial charge is 0.224 e. The quantitative estimate of drug-likeness (QED) is 0.117. The highest BCUT2D eigenvalue weighted by molar-refractivity contribution is 6.31. The van der Waals surface area contributed by atoms with Crippen molar-refractivity contribution in [3.05, 3.63) is 69.1 Å². The fraction of sp³-hybridized carbons (Fsp3) is 0.412. The third-order valence-electron chi connectivity index (χ3n) is 8.49. The van der Waals surface area contributed by atoms with Crippen LogP contribution in [0.3, 0.4) is 0 Å². The molecule has 9 heteroatoms. The second kappa shape index (κ2) is 12.5. The van der Waals surface area contributed by atoms with Crippen molar-refractivity contribution in [3.8, 4) is 17.2 Å². The maximum Gasteiger partial charge on any atom is 0.224 e. The number of nitrogens with one attached hydrogen (secondary N) is 2. The van der Waals surface area contributed by atoms with Crippen LogP contribution in [-0.4, -0.2) is 40.0 Å². The lowest BCUT2D eigenvalue weighted by Crippen LogP contribution is -2.41. The van der Waals surface area contributed by atoms with Gasteiger partial charge in [-0.2, -0.15) is 0 Å². The summed E-state index contributed by atoms with van der Waals surface area (Å²) in [6.07, 6.45) is 5.47. The number of carbonyl (C=O) groups excluding carboxylic acids is 4. The summed E-state index contributed by atoms with van der Waals surface area (Å²) < 4.78 is 5.80. The molecule has 228 valence electrons. The summed E-state index contributed by atoms with van der Waals surface area (Å²) in [5.74, 6) is -2.52. The Morgan fingerprint density at radius 3 is 2.23 bits per heavy atom. The zero-order valence-electron chi connectivity index (χ0n) is 25.7. The first kappa shape index (κ1) is 31.5. The molecule has 2 aromatic rings. The monoisotopic (exact) mass is 588 g/mol. The lowest BCUT2D eigenvalue weighted by Gasteiger charge is -2.29. The van der Waals surface area contributed by atoms with E-state index in [4.69, 9.17) is 4.74 Å². The molecular formula is C34H40N2O7. The summed E-state index contributed by atoms with van der Waals surface area (Å²) in [5.41, 5.74) is 1.92. The normalized spacial score (nSPS) is 18.4. The Labute approximate surface area is 252 Å². The van der Waals surface area contributed by atoms with Crippen LogP contribution >= 0.6 is 0 Å². The minimum Gasteiger partial charge on any atom is -0.507 e. The van der Waals surface area contributed by atoms with Gasteiger partial charge in [-0.1, -0.05) is 38.5 Å². The van der Waals surface area contributed by atoms with Gasteiger partial charge in [0.25, 0.3) is 0 Å². The van der Waals surface area contributed by atoms with Gasteiger partial charge in [-0.3, -0.25) is 19.2 Å².